The maximum atomic E-state index is 11.5. The van der Waals surface area contributed by atoms with Crippen molar-refractivity contribution in [3.05, 3.63) is 63.1 Å². The van der Waals surface area contributed by atoms with Gasteiger partial charge >= 0.3 is 5.97 Å². The first-order valence-electron chi connectivity index (χ1n) is 12.7. The van der Waals surface area contributed by atoms with Gasteiger partial charge in [0.15, 0.2) is 5.13 Å². The zero-order valence-corrected chi connectivity index (χ0v) is 23.0. The number of allylic oxidation sites excluding steroid dienone is 2. The van der Waals surface area contributed by atoms with Crippen LogP contribution in [0, 0.1) is 12.3 Å². The molecular formula is C28H24Cl2N4O3S. The molecule has 1 N–H and O–H groups in total. The van der Waals surface area contributed by atoms with Crippen LogP contribution in [0.1, 0.15) is 65.3 Å². The van der Waals surface area contributed by atoms with Gasteiger partial charge in [-0.25, -0.2) is 9.78 Å². The lowest BCUT2D eigenvalue weighted by molar-refractivity contribution is 0.0696. The van der Waals surface area contributed by atoms with Gasteiger partial charge in [-0.15, -0.1) is 0 Å². The fourth-order valence-electron chi connectivity index (χ4n) is 5.82. The molecule has 3 aliphatic rings. The van der Waals surface area contributed by atoms with Crippen LogP contribution in [0.5, 0.6) is 0 Å². The van der Waals surface area contributed by atoms with Crippen molar-refractivity contribution >= 4 is 61.4 Å². The third-order valence-corrected chi connectivity index (χ3v) is 9.74. The molecule has 0 bridgehead atoms. The topological polar surface area (TPSA) is 92.4 Å². The number of aromatic nitrogens is 3. The Morgan fingerprint density at radius 1 is 1.16 bits per heavy atom. The third kappa shape index (κ3) is 3.92. The van der Waals surface area contributed by atoms with Crippen LogP contribution >= 0.6 is 34.5 Å². The van der Waals surface area contributed by atoms with E-state index in [0.29, 0.717) is 32.8 Å². The van der Waals surface area contributed by atoms with Gasteiger partial charge in [0.25, 0.3) is 0 Å². The maximum Gasteiger partial charge on any atom is 0.336 e. The van der Waals surface area contributed by atoms with Gasteiger partial charge in [-0.1, -0.05) is 45.8 Å². The van der Waals surface area contributed by atoms with Crippen LogP contribution in [0.3, 0.4) is 0 Å². The van der Waals surface area contributed by atoms with E-state index in [4.69, 9.17) is 32.7 Å². The second kappa shape index (κ2) is 8.79. The molecule has 1 aromatic carbocycles. The monoisotopic (exact) mass is 566 g/mol. The largest absolute Gasteiger partial charge is 0.478 e. The van der Waals surface area contributed by atoms with Gasteiger partial charge in [-0.3, -0.25) is 4.98 Å². The van der Waals surface area contributed by atoms with Crippen LogP contribution in [0.4, 0.5) is 5.13 Å². The van der Waals surface area contributed by atoms with E-state index in [2.05, 4.69) is 21.1 Å². The Kier molecular flexibility index (Phi) is 5.58. The highest BCUT2D eigenvalue weighted by Gasteiger charge is 2.44. The number of fused-ring (bicyclic) bond motifs is 1. The molecule has 0 atom stereocenters. The highest BCUT2D eigenvalue weighted by molar-refractivity contribution is 7.22. The lowest BCUT2D eigenvalue weighted by atomic mass is 9.63. The van der Waals surface area contributed by atoms with Gasteiger partial charge in [-0.05, 0) is 67.7 Å². The number of carboxylic acids is 1. The zero-order valence-electron chi connectivity index (χ0n) is 20.6. The Hall–Kier alpha value is -2.94. The fraction of sp³-hybridized carbons (Fsp3) is 0.357. The van der Waals surface area contributed by atoms with Crippen molar-refractivity contribution in [2.75, 3.05) is 18.0 Å². The number of anilines is 1. The van der Waals surface area contributed by atoms with Crippen molar-refractivity contribution in [3.63, 3.8) is 0 Å². The fourth-order valence-corrected chi connectivity index (χ4v) is 7.40. The van der Waals surface area contributed by atoms with Crippen LogP contribution in [-0.2, 0) is 0 Å². The van der Waals surface area contributed by atoms with Crippen molar-refractivity contribution in [2.45, 2.75) is 44.9 Å². The first kappa shape index (κ1) is 24.1. The number of hydrogen-bond donors (Lipinski definition) is 1. The molecule has 10 heteroatoms. The van der Waals surface area contributed by atoms with Crippen LogP contribution < -0.4 is 4.90 Å². The predicted molar refractivity (Wildman–Crippen MR) is 150 cm³/mol. The van der Waals surface area contributed by atoms with E-state index < -0.39 is 5.97 Å². The summed E-state index contributed by atoms with van der Waals surface area (Å²) in [4.78, 5) is 22.8. The van der Waals surface area contributed by atoms with Gasteiger partial charge in [0.2, 0.25) is 0 Å². The van der Waals surface area contributed by atoms with E-state index in [0.717, 1.165) is 77.4 Å². The first-order valence-corrected chi connectivity index (χ1v) is 14.3. The molecule has 0 unspecified atom stereocenters. The SMILES string of the molecule is Cc1cc2nc(N3CCC4(C=C(c5c(-c6c(Cl)cncc6Cl)noc5C5CC5)C4)CC3)sc2cc1C(=O)O. The number of piperidine rings is 1. The number of carboxylic acid groups (broad SMARTS) is 1. The number of pyridine rings is 1. The molecule has 7 rings (SSSR count). The highest BCUT2D eigenvalue weighted by Crippen LogP contribution is 2.56. The average molecular weight is 567 g/mol. The second-order valence-electron chi connectivity index (χ2n) is 10.7. The number of rotatable bonds is 5. The number of thiazole rings is 1. The van der Waals surface area contributed by atoms with Gasteiger partial charge < -0.3 is 14.5 Å². The van der Waals surface area contributed by atoms with E-state index in [1.54, 1.807) is 29.8 Å². The standard InChI is InChI=1S/C28H24Cl2N4O3S/c1-14-8-20-21(9-17(14)26(35)36)38-27(32-20)34-6-4-28(5-7-34)10-16(11-28)22-24(33-37-25(22)15-2-3-15)23-18(29)12-31-13-19(23)30/h8-10,12-13,15H,2-7,11H2,1H3,(H,35,36). The molecule has 1 saturated heterocycles. The minimum atomic E-state index is -0.902. The van der Waals surface area contributed by atoms with Crippen molar-refractivity contribution in [3.8, 4) is 11.3 Å². The van der Waals surface area contributed by atoms with Gasteiger partial charge in [0.1, 0.15) is 11.5 Å². The van der Waals surface area contributed by atoms with E-state index >= 15 is 0 Å². The summed E-state index contributed by atoms with van der Waals surface area (Å²) in [6.45, 7) is 3.63. The molecule has 194 valence electrons. The van der Waals surface area contributed by atoms with Gasteiger partial charge in [-0.2, -0.15) is 0 Å². The first-order chi connectivity index (χ1) is 18.3. The van der Waals surface area contributed by atoms with E-state index in [9.17, 15) is 9.90 Å². The van der Waals surface area contributed by atoms with Crippen LogP contribution in [0.2, 0.25) is 10.0 Å². The predicted octanol–water partition coefficient (Wildman–Crippen LogP) is 7.61. The average Bonchev–Trinajstić information content (AvgIpc) is 3.49. The molecule has 2 fully saturated rings. The van der Waals surface area contributed by atoms with Crippen LogP contribution in [0.25, 0.3) is 27.0 Å². The molecule has 2 aliphatic carbocycles. The molecule has 7 nitrogen and oxygen atoms in total. The summed E-state index contributed by atoms with van der Waals surface area (Å²) >= 11 is 14.6. The number of nitrogens with zero attached hydrogens (tertiary/aromatic N) is 4. The molecule has 4 heterocycles. The Bertz CT molecular complexity index is 1630. The lowest BCUT2D eigenvalue weighted by Crippen LogP contribution is -2.42. The number of aryl methyl sites for hydroxylation is 1. The molecule has 38 heavy (non-hydrogen) atoms. The quantitative estimate of drug-likeness (QED) is 0.265. The normalized spacial score (nSPS) is 18.6. The number of benzene rings is 1. The highest BCUT2D eigenvalue weighted by atomic mass is 35.5. The Morgan fingerprint density at radius 3 is 2.53 bits per heavy atom. The summed E-state index contributed by atoms with van der Waals surface area (Å²) in [7, 11) is 0. The van der Waals surface area contributed by atoms with Crippen molar-refractivity contribution in [2.24, 2.45) is 5.41 Å². The second-order valence-corrected chi connectivity index (χ2v) is 12.5. The van der Waals surface area contributed by atoms with E-state index in [-0.39, 0.29) is 5.41 Å². The third-order valence-electron chi connectivity index (χ3n) is 8.08. The Morgan fingerprint density at radius 2 is 1.87 bits per heavy atom. The number of carbonyl (C=O) groups is 1. The summed E-state index contributed by atoms with van der Waals surface area (Å²) in [6, 6.07) is 3.62. The summed E-state index contributed by atoms with van der Waals surface area (Å²) in [6.07, 6.45) is 10.9. The molecule has 1 aliphatic heterocycles. The Labute approximate surface area is 233 Å². The molecular weight excluding hydrogens is 543 g/mol. The van der Waals surface area contributed by atoms with Crippen molar-refractivity contribution in [1.29, 1.82) is 0 Å². The Balaban J connectivity index is 1.14. The molecule has 1 saturated carbocycles. The number of halogens is 2. The van der Waals surface area contributed by atoms with Crippen LogP contribution in [-0.4, -0.2) is 39.3 Å². The molecule has 0 amide bonds. The molecule has 4 aromatic rings. The van der Waals surface area contributed by atoms with E-state index in [1.807, 2.05) is 13.0 Å². The lowest BCUT2D eigenvalue weighted by Gasteiger charge is -2.46. The summed E-state index contributed by atoms with van der Waals surface area (Å²) in [5.41, 5.74) is 5.81. The van der Waals surface area contributed by atoms with Crippen LogP contribution in [0.15, 0.2) is 35.1 Å². The number of hydrogen-bond acceptors (Lipinski definition) is 7. The molecule has 3 aromatic heterocycles. The smallest absolute Gasteiger partial charge is 0.336 e. The number of aromatic carboxylic acids is 1. The minimum absolute atomic E-state index is 0.150. The zero-order chi connectivity index (χ0) is 26.2. The van der Waals surface area contributed by atoms with Crippen molar-refractivity contribution < 1.29 is 14.4 Å². The van der Waals surface area contributed by atoms with Crippen molar-refractivity contribution in [1.82, 2.24) is 15.1 Å². The summed E-state index contributed by atoms with van der Waals surface area (Å²) in [5, 5.41) is 15.8. The maximum absolute atomic E-state index is 11.5. The summed E-state index contributed by atoms with van der Waals surface area (Å²) < 4.78 is 6.78. The summed E-state index contributed by atoms with van der Waals surface area (Å²) in [5.74, 6) is 0.461. The molecule has 0 radical (unpaired) electrons. The minimum Gasteiger partial charge on any atom is -0.478 e. The van der Waals surface area contributed by atoms with Gasteiger partial charge in [0, 0.05) is 42.5 Å². The van der Waals surface area contributed by atoms with Gasteiger partial charge in [0.05, 0.1) is 25.8 Å². The van der Waals surface area contributed by atoms with E-state index in [1.165, 1.54) is 5.57 Å². The molecule has 1 spiro atoms.